The monoisotopic (exact) mass is 223 g/mol. The first-order chi connectivity index (χ1) is 7.50. The molecule has 0 aliphatic heterocycles. The highest BCUT2D eigenvalue weighted by atomic mass is 19.1. The van der Waals surface area contributed by atoms with Gasteiger partial charge in [-0.3, -0.25) is 0 Å². The third-order valence-electron chi connectivity index (χ3n) is 2.09. The summed E-state index contributed by atoms with van der Waals surface area (Å²) < 4.78 is 12.9. The Labute approximate surface area is 96.2 Å². The van der Waals surface area contributed by atoms with Gasteiger partial charge in [0.1, 0.15) is 5.82 Å². The van der Waals surface area contributed by atoms with Crippen molar-refractivity contribution < 1.29 is 4.39 Å². The molecule has 0 N–H and O–H groups in total. The highest BCUT2D eigenvalue weighted by Crippen LogP contribution is 2.05. The molecule has 16 heavy (non-hydrogen) atoms. The van der Waals surface area contributed by atoms with Crippen LogP contribution in [0.1, 0.15) is 5.56 Å². The van der Waals surface area contributed by atoms with Crippen LogP contribution in [0, 0.1) is 5.82 Å². The number of rotatable bonds is 2. The van der Waals surface area contributed by atoms with Crippen LogP contribution in [0.2, 0.25) is 0 Å². The SMILES string of the molecule is CN(C)C(=NCc1cccc(F)c1)N(C)C. The molecule has 3 nitrogen and oxygen atoms in total. The standard InChI is InChI=1S/C12H18FN3/c1-15(2)12(16(3)4)14-9-10-6-5-7-11(13)8-10/h5-8H,9H2,1-4H3. The lowest BCUT2D eigenvalue weighted by Gasteiger charge is -2.22. The Balaban J connectivity index is 2.77. The lowest BCUT2D eigenvalue weighted by atomic mass is 10.2. The summed E-state index contributed by atoms with van der Waals surface area (Å²) >= 11 is 0. The molecule has 1 aromatic carbocycles. The molecule has 1 rings (SSSR count). The number of halogens is 1. The largest absolute Gasteiger partial charge is 0.349 e. The van der Waals surface area contributed by atoms with E-state index in [4.69, 9.17) is 0 Å². The van der Waals surface area contributed by atoms with Crippen molar-refractivity contribution in [3.05, 3.63) is 35.6 Å². The van der Waals surface area contributed by atoms with Gasteiger partial charge in [0.05, 0.1) is 6.54 Å². The molecule has 0 saturated heterocycles. The van der Waals surface area contributed by atoms with E-state index in [0.717, 1.165) is 11.5 Å². The van der Waals surface area contributed by atoms with Crippen molar-refractivity contribution in [3.63, 3.8) is 0 Å². The van der Waals surface area contributed by atoms with Crippen molar-refractivity contribution in [2.45, 2.75) is 6.54 Å². The topological polar surface area (TPSA) is 18.8 Å². The maximum Gasteiger partial charge on any atom is 0.195 e. The van der Waals surface area contributed by atoms with Gasteiger partial charge in [0.25, 0.3) is 0 Å². The molecule has 0 bridgehead atoms. The van der Waals surface area contributed by atoms with Gasteiger partial charge in [-0.25, -0.2) is 9.38 Å². The summed E-state index contributed by atoms with van der Waals surface area (Å²) in [7, 11) is 7.74. The lowest BCUT2D eigenvalue weighted by Crippen LogP contribution is -2.35. The molecule has 1 aromatic rings. The summed E-state index contributed by atoms with van der Waals surface area (Å²) in [6, 6.07) is 6.51. The number of guanidine groups is 1. The first-order valence-electron chi connectivity index (χ1n) is 5.14. The van der Waals surface area contributed by atoms with Gasteiger partial charge in [-0.05, 0) is 17.7 Å². The average molecular weight is 223 g/mol. The summed E-state index contributed by atoms with van der Waals surface area (Å²) in [5, 5.41) is 0. The van der Waals surface area contributed by atoms with E-state index in [2.05, 4.69) is 4.99 Å². The molecule has 4 heteroatoms. The van der Waals surface area contributed by atoms with E-state index in [-0.39, 0.29) is 5.82 Å². The van der Waals surface area contributed by atoms with Crippen LogP contribution in [0.25, 0.3) is 0 Å². The minimum atomic E-state index is -0.219. The zero-order valence-corrected chi connectivity index (χ0v) is 10.2. The molecular formula is C12H18FN3. The summed E-state index contributed by atoms with van der Waals surface area (Å²) in [5.74, 6) is 0.646. The predicted molar refractivity (Wildman–Crippen MR) is 64.9 cm³/mol. The van der Waals surface area contributed by atoms with Crippen molar-refractivity contribution in [3.8, 4) is 0 Å². The van der Waals surface area contributed by atoms with Crippen molar-refractivity contribution in [1.82, 2.24) is 9.80 Å². The third kappa shape index (κ3) is 3.53. The quantitative estimate of drug-likeness (QED) is 0.562. The number of nitrogens with zero attached hydrogens (tertiary/aromatic N) is 3. The van der Waals surface area contributed by atoms with Crippen molar-refractivity contribution in [1.29, 1.82) is 0 Å². The van der Waals surface area contributed by atoms with Crippen molar-refractivity contribution >= 4 is 5.96 Å². The number of benzene rings is 1. The van der Waals surface area contributed by atoms with Crippen molar-refractivity contribution in [2.24, 2.45) is 4.99 Å². The molecule has 0 aromatic heterocycles. The van der Waals surface area contributed by atoms with Gasteiger partial charge < -0.3 is 9.80 Å². The second-order valence-electron chi connectivity index (χ2n) is 4.04. The van der Waals surface area contributed by atoms with Crippen LogP contribution >= 0.6 is 0 Å². The highest BCUT2D eigenvalue weighted by molar-refractivity contribution is 5.79. The highest BCUT2D eigenvalue weighted by Gasteiger charge is 2.03. The lowest BCUT2D eigenvalue weighted by molar-refractivity contribution is 0.479. The van der Waals surface area contributed by atoms with Crippen LogP contribution in [0.5, 0.6) is 0 Å². The Morgan fingerprint density at radius 2 is 1.81 bits per heavy atom. The van der Waals surface area contributed by atoms with Crippen LogP contribution in [0.3, 0.4) is 0 Å². The van der Waals surface area contributed by atoms with Crippen LogP contribution in [0.15, 0.2) is 29.3 Å². The molecule has 88 valence electrons. The molecule has 0 radical (unpaired) electrons. The summed E-state index contributed by atoms with van der Waals surface area (Å²) in [6.07, 6.45) is 0. The van der Waals surface area contributed by atoms with Gasteiger partial charge in [0.15, 0.2) is 5.96 Å². The van der Waals surface area contributed by atoms with Gasteiger partial charge in [-0.15, -0.1) is 0 Å². The zero-order chi connectivity index (χ0) is 12.1. The maximum atomic E-state index is 12.9. The van der Waals surface area contributed by atoms with E-state index in [1.165, 1.54) is 12.1 Å². The second-order valence-corrected chi connectivity index (χ2v) is 4.04. The van der Waals surface area contributed by atoms with Crippen LogP contribution in [-0.4, -0.2) is 44.0 Å². The smallest absolute Gasteiger partial charge is 0.195 e. The van der Waals surface area contributed by atoms with E-state index in [9.17, 15) is 4.39 Å². The Morgan fingerprint density at radius 1 is 1.19 bits per heavy atom. The van der Waals surface area contributed by atoms with E-state index < -0.39 is 0 Å². The van der Waals surface area contributed by atoms with E-state index in [1.54, 1.807) is 6.07 Å². The molecule has 0 atom stereocenters. The fraction of sp³-hybridized carbons (Fsp3) is 0.417. The number of hydrogen-bond donors (Lipinski definition) is 0. The normalized spacial score (nSPS) is 9.81. The van der Waals surface area contributed by atoms with Crippen LogP contribution in [-0.2, 0) is 6.54 Å². The third-order valence-corrected chi connectivity index (χ3v) is 2.09. The average Bonchev–Trinajstić information content (AvgIpc) is 2.16. The van der Waals surface area contributed by atoms with Gasteiger partial charge in [-0.2, -0.15) is 0 Å². The van der Waals surface area contributed by atoms with Gasteiger partial charge in [0.2, 0.25) is 0 Å². The molecule has 0 spiro atoms. The fourth-order valence-electron chi connectivity index (χ4n) is 1.48. The maximum absolute atomic E-state index is 12.9. The summed E-state index contributed by atoms with van der Waals surface area (Å²) in [6.45, 7) is 0.490. The Kier molecular flexibility index (Phi) is 4.28. The van der Waals surface area contributed by atoms with Crippen LogP contribution in [0.4, 0.5) is 4.39 Å². The van der Waals surface area contributed by atoms with E-state index in [0.29, 0.717) is 6.54 Å². The fourth-order valence-corrected chi connectivity index (χ4v) is 1.48. The minimum Gasteiger partial charge on any atom is -0.349 e. The Morgan fingerprint density at radius 3 is 2.31 bits per heavy atom. The summed E-state index contributed by atoms with van der Waals surface area (Å²) in [4.78, 5) is 8.30. The van der Waals surface area contributed by atoms with Gasteiger partial charge in [-0.1, -0.05) is 12.1 Å². The van der Waals surface area contributed by atoms with Gasteiger partial charge in [0, 0.05) is 28.2 Å². The molecule has 0 amide bonds. The molecular weight excluding hydrogens is 205 g/mol. The van der Waals surface area contributed by atoms with Crippen molar-refractivity contribution in [2.75, 3.05) is 28.2 Å². The van der Waals surface area contributed by atoms with E-state index >= 15 is 0 Å². The Hall–Kier alpha value is -1.58. The minimum absolute atomic E-state index is 0.219. The molecule has 0 saturated carbocycles. The first-order valence-corrected chi connectivity index (χ1v) is 5.14. The molecule has 0 unspecified atom stereocenters. The number of hydrogen-bond acceptors (Lipinski definition) is 1. The molecule has 0 aliphatic rings. The zero-order valence-electron chi connectivity index (χ0n) is 10.2. The summed E-state index contributed by atoms with van der Waals surface area (Å²) in [5.41, 5.74) is 0.876. The second kappa shape index (κ2) is 5.49. The molecule has 0 fully saturated rings. The van der Waals surface area contributed by atoms with E-state index in [1.807, 2.05) is 44.1 Å². The predicted octanol–water partition coefficient (Wildman–Crippen LogP) is 1.80. The Bertz CT molecular complexity index is 362. The van der Waals surface area contributed by atoms with Gasteiger partial charge >= 0.3 is 0 Å². The van der Waals surface area contributed by atoms with Crippen LogP contribution < -0.4 is 0 Å². The molecule has 0 aliphatic carbocycles. The first kappa shape index (κ1) is 12.5. The number of aliphatic imine (C=N–C) groups is 1. The molecule has 0 heterocycles.